The van der Waals surface area contributed by atoms with Gasteiger partial charge in [0.2, 0.25) is 5.91 Å². The highest BCUT2D eigenvalue weighted by Gasteiger charge is 2.35. The molecule has 2 unspecified atom stereocenters. The third-order valence-electron chi connectivity index (χ3n) is 5.33. The van der Waals surface area contributed by atoms with Gasteiger partial charge in [0.25, 0.3) is 0 Å². The molecular formula is C19H30N2O. The summed E-state index contributed by atoms with van der Waals surface area (Å²) in [6.07, 6.45) is 6.10. The summed E-state index contributed by atoms with van der Waals surface area (Å²) in [6, 6.07) is 8.51. The number of benzene rings is 1. The Morgan fingerprint density at radius 3 is 2.45 bits per heavy atom. The van der Waals surface area contributed by atoms with Gasteiger partial charge in [0.05, 0.1) is 0 Å². The predicted octanol–water partition coefficient (Wildman–Crippen LogP) is 3.30. The molecule has 22 heavy (non-hydrogen) atoms. The molecule has 1 aromatic carbocycles. The molecule has 0 saturated heterocycles. The van der Waals surface area contributed by atoms with Crippen molar-refractivity contribution in [2.45, 2.75) is 64.3 Å². The van der Waals surface area contributed by atoms with E-state index in [0.29, 0.717) is 0 Å². The molecule has 1 aromatic rings. The molecule has 0 heterocycles. The van der Waals surface area contributed by atoms with Gasteiger partial charge in [-0.15, -0.1) is 0 Å². The highest BCUT2D eigenvalue weighted by molar-refractivity contribution is 5.79. The maximum atomic E-state index is 12.3. The fourth-order valence-electron chi connectivity index (χ4n) is 3.59. The molecule has 0 spiro atoms. The fourth-order valence-corrected chi connectivity index (χ4v) is 3.59. The van der Waals surface area contributed by atoms with E-state index in [2.05, 4.69) is 36.5 Å². The van der Waals surface area contributed by atoms with Crippen LogP contribution >= 0.6 is 0 Å². The average Bonchev–Trinajstić information content (AvgIpc) is 2.53. The van der Waals surface area contributed by atoms with Crippen molar-refractivity contribution < 1.29 is 4.79 Å². The Morgan fingerprint density at radius 1 is 1.23 bits per heavy atom. The van der Waals surface area contributed by atoms with Crippen LogP contribution in [0.3, 0.4) is 0 Å². The second kappa shape index (κ2) is 7.28. The molecule has 1 aliphatic rings. The van der Waals surface area contributed by atoms with Gasteiger partial charge in [-0.25, -0.2) is 0 Å². The molecule has 3 nitrogen and oxygen atoms in total. The van der Waals surface area contributed by atoms with Gasteiger partial charge in [-0.2, -0.15) is 0 Å². The summed E-state index contributed by atoms with van der Waals surface area (Å²) in [7, 11) is 0. The van der Waals surface area contributed by atoms with Crippen LogP contribution in [0.2, 0.25) is 0 Å². The summed E-state index contributed by atoms with van der Waals surface area (Å²) in [5, 5.41) is 3.18. The quantitative estimate of drug-likeness (QED) is 0.877. The van der Waals surface area contributed by atoms with Crippen molar-refractivity contribution in [1.29, 1.82) is 0 Å². The average molecular weight is 302 g/mol. The Balaban J connectivity index is 2.17. The van der Waals surface area contributed by atoms with Crippen LogP contribution in [0.15, 0.2) is 24.3 Å². The van der Waals surface area contributed by atoms with Crippen LogP contribution in [-0.2, 0) is 10.2 Å². The van der Waals surface area contributed by atoms with E-state index in [0.717, 1.165) is 19.4 Å². The maximum Gasteiger partial charge on any atom is 0.224 e. The summed E-state index contributed by atoms with van der Waals surface area (Å²) in [5.74, 6) is -0.0638. The van der Waals surface area contributed by atoms with Crippen LogP contribution in [-0.4, -0.2) is 18.5 Å². The number of nitrogens with one attached hydrogen (secondary N) is 1. The van der Waals surface area contributed by atoms with Gasteiger partial charge in [0.15, 0.2) is 0 Å². The van der Waals surface area contributed by atoms with Crippen LogP contribution in [0.1, 0.15) is 57.1 Å². The fraction of sp³-hybridized carbons (Fsp3) is 0.632. The summed E-state index contributed by atoms with van der Waals surface area (Å²) >= 11 is 0. The van der Waals surface area contributed by atoms with Crippen molar-refractivity contribution in [3.05, 3.63) is 35.4 Å². The normalized spacial score (nSPS) is 20.2. The first-order chi connectivity index (χ1) is 10.5. The van der Waals surface area contributed by atoms with E-state index < -0.39 is 0 Å². The third-order valence-corrected chi connectivity index (χ3v) is 5.33. The molecule has 2 rings (SSSR count). The zero-order chi connectivity index (χ0) is 16.2. The lowest BCUT2D eigenvalue weighted by Crippen LogP contribution is -2.46. The van der Waals surface area contributed by atoms with E-state index in [1.807, 2.05) is 13.8 Å². The number of hydrogen-bond donors (Lipinski definition) is 2. The van der Waals surface area contributed by atoms with E-state index in [-0.39, 0.29) is 23.3 Å². The smallest absolute Gasteiger partial charge is 0.224 e. The van der Waals surface area contributed by atoms with Crippen molar-refractivity contribution >= 4 is 5.91 Å². The first-order valence-corrected chi connectivity index (χ1v) is 8.56. The van der Waals surface area contributed by atoms with Crippen molar-refractivity contribution in [3.8, 4) is 0 Å². The van der Waals surface area contributed by atoms with Gasteiger partial charge < -0.3 is 11.1 Å². The van der Waals surface area contributed by atoms with Crippen LogP contribution in [0.5, 0.6) is 0 Å². The van der Waals surface area contributed by atoms with Crippen molar-refractivity contribution in [2.24, 2.45) is 11.7 Å². The van der Waals surface area contributed by atoms with E-state index in [1.165, 1.54) is 30.4 Å². The van der Waals surface area contributed by atoms with Gasteiger partial charge in [-0.05, 0) is 37.8 Å². The standard InChI is InChI=1S/C19H30N2O/c1-14-9-5-6-10-17(14)19(11-7-4-8-12-19)13-21-18(22)15(2)16(3)20/h5-6,9-10,15-16H,4,7-8,11-13,20H2,1-3H3,(H,21,22). The molecule has 0 bridgehead atoms. The minimum atomic E-state index is -0.141. The molecule has 2 atom stereocenters. The van der Waals surface area contributed by atoms with E-state index in [1.54, 1.807) is 0 Å². The van der Waals surface area contributed by atoms with Crippen LogP contribution < -0.4 is 11.1 Å². The molecule has 122 valence electrons. The molecule has 0 aliphatic heterocycles. The minimum absolute atomic E-state index is 0.0773. The highest BCUT2D eigenvalue weighted by atomic mass is 16.1. The van der Waals surface area contributed by atoms with Crippen LogP contribution in [0, 0.1) is 12.8 Å². The monoisotopic (exact) mass is 302 g/mol. The first-order valence-electron chi connectivity index (χ1n) is 8.56. The summed E-state index contributed by atoms with van der Waals surface area (Å²) in [4.78, 5) is 12.3. The number of rotatable bonds is 5. The second-order valence-electron chi connectivity index (χ2n) is 7.02. The first kappa shape index (κ1) is 17.0. The SMILES string of the molecule is Cc1ccccc1C1(CNC(=O)C(C)C(C)N)CCCCC1. The predicted molar refractivity (Wildman–Crippen MR) is 91.8 cm³/mol. The minimum Gasteiger partial charge on any atom is -0.355 e. The largest absolute Gasteiger partial charge is 0.355 e. The number of aryl methyl sites for hydroxylation is 1. The molecule has 1 amide bonds. The number of carbonyl (C=O) groups is 1. The van der Waals surface area contributed by atoms with Gasteiger partial charge in [0, 0.05) is 23.9 Å². The van der Waals surface area contributed by atoms with Gasteiger partial charge in [0.1, 0.15) is 0 Å². The Morgan fingerprint density at radius 2 is 1.86 bits per heavy atom. The van der Waals surface area contributed by atoms with E-state index in [9.17, 15) is 4.79 Å². The molecule has 0 radical (unpaired) electrons. The van der Waals surface area contributed by atoms with Crippen molar-refractivity contribution in [3.63, 3.8) is 0 Å². The number of nitrogens with two attached hydrogens (primary N) is 1. The van der Waals surface area contributed by atoms with Crippen molar-refractivity contribution in [2.75, 3.05) is 6.54 Å². The zero-order valence-electron chi connectivity index (χ0n) is 14.2. The van der Waals surface area contributed by atoms with Crippen LogP contribution in [0.25, 0.3) is 0 Å². The molecular weight excluding hydrogens is 272 g/mol. The summed E-state index contributed by atoms with van der Waals surface area (Å²) in [6.45, 7) is 6.70. The van der Waals surface area contributed by atoms with Gasteiger partial charge >= 0.3 is 0 Å². The highest BCUT2D eigenvalue weighted by Crippen LogP contribution is 2.40. The molecule has 0 aromatic heterocycles. The Labute approximate surface area is 134 Å². The molecule has 1 saturated carbocycles. The lowest BCUT2D eigenvalue weighted by molar-refractivity contribution is -0.125. The molecule has 3 N–H and O–H groups in total. The maximum absolute atomic E-state index is 12.3. The zero-order valence-corrected chi connectivity index (χ0v) is 14.2. The second-order valence-corrected chi connectivity index (χ2v) is 7.02. The van der Waals surface area contributed by atoms with Crippen LogP contribution in [0.4, 0.5) is 0 Å². The van der Waals surface area contributed by atoms with Crippen molar-refractivity contribution in [1.82, 2.24) is 5.32 Å². The Hall–Kier alpha value is -1.35. The lowest BCUT2D eigenvalue weighted by Gasteiger charge is -2.39. The number of amides is 1. The van der Waals surface area contributed by atoms with Gasteiger partial charge in [-0.1, -0.05) is 50.5 Å². The van der Waals surface area contributed by atoms with E-state index >= 15 is 0 Å². The third kappa shape index (κ3) is 3.70. The van der Waals surface area contributed by atoms with Gasteiger partial charge in [-0.3, -0.25) is 4.79 Å². The Kier molecular flexibility index (Phi) is 5.63. The number of hydrogen-bond acceptors (Lipinski definition) is 2. The molecule has 3 heteroatoms. The lowest BCUT2D eigenvalue weighted by atomic mass is 9.68. The molecule has 1 aliphatic carbocycles. The number of carbonyl (C=O) groups excluding carboxylic acids is 1. The van der Waals surface area contributed by atoms with E-state index in [4.69, 9.17) is 5.73 Å². The summed E-state index contributed by atoms with van der Waals surface area (Å²) in [5.41, 5.74) is 8.69. The summed E-state index contributed by atoms with van der Waals surface area (Å²) < 4.78 is 0. The Bertz CT molecular complexity index is 504. The molecule has 1 fully saturated rings. The topological polar surface area (TPSA) is 55.1 Å².